The molecule has 0 unspecified atom stereocenters. The summed E-state index contributed by atoms with van der Waals surface area (Å²) in [4.78, 5) is 45.3. The third kappa shape index (κ3) is 12.5. The van der Waals surface area contributed by atoms with Gasteiger partial charge < -0.3 is 25.4 Å². The predicted octanol–water partition coefficient (Wildman–Crippen LogP) is 0.110. The standard InChI is InChI=1S/C21H31N3O6/c1-16(25)30-13-3-12-29-15-21(28)24-10-8-17-4-6-18(7-5-17)14-20(27)23-11-9-19(26)22-2/h4-7H,3,8-15H2,1-2H3,(H,22,26)(H,23,27)(H,24,28). The van der Waals surface area contributed by atoms with Gasteiger partial charge in [-0.15, -0.1) is 0 Å². The SMILES string of the molecule is CNC(=O)CCNC(=O)Cc1ccc(CCNC(=O)COCCCOC(C)=O)cc1. The highest BCUT2D eigenvalue weighted by Gasteiger charge is 2.05. The summed E-state index contributed by atoms with van der Waals surface area (Å²) in [5, 5.41) is 7.99. The van der Waals surface area contributed by atoms with Crippen molar-refractivity contribution >= 4 is 23.7 Å². The fraction of sp³-hybridized carbons (Fsp3) is 0.524. The van der Waals surface area contributed by atoms with E-state index in [1.54, 1.807) is 7.05 Å². The third-order valence-electron chi connectivity index (χ3n) is 4.05. The minimum Gasteiger partial charge on any atom is -0.466 e. The molecule has 0 aromatic heterocycles. The average Bonchev–Trinajstić information content (AvgIpc) is 2.71. The molecule has 166 valence electrons. The molecule has 1 rings (SSSR count). The molecule has 3 N–H and O–H groups in total. The molecule has 0 aliphatic carbocycles. The van der Waals surface area contributed by atoms with Crippen LogP contribution in [0.2, 0.25) is 0 Å². The number of esters is 1. The molecule has 9 heteroatoms. The van der Waals surface area contributed by atoms with Crippen LogP contribution in [0.4, 0.5) is 0 Å². The number of hydrogen-bond acceptors (Lipinski definition) is 6. The third-order valence-corrected chi connectivity index (χ3v) is 4.05. The Kier molecular flexibility index (Phi) is 12.5. The molecule has 0 fully saturated rings. The van der Waals surface area contributed by atoms with Crippen LogP contribution in [-0.2, 0) is 41.5 Å². The fourth-order valence-electron chi connectivity index (χ4n) is 2.45. The Morgan fingerprint density at radius 3 is 2.20 bits per heavy atom. The van der Waals surface area contributed by atoms with Gasteiger partial charge in [-0.05, 0) is 17.5 Å². The van der Waals surface area contributed by atoms with Crippen molar-refractivity contribution in [3.05, 3.63) is 35.4 Å². The van der Waals surface area contributed by atoms with Crippen LogP contribution in [0.1, 0.15) is 30.9 Å². The Bertz CT molecular complexity index is 690. The number of rotatable bonds is 14. The quantitative estimate of drug-likeness (QED) is 0.289. The number of carbonyl (C=O) groups excluding carboxylic acids is 4. The van der Waals surface area contributed by atoms with Gasteiger partial charge in [0, 0.05) is 39.9 Å². The van der Waals surface area contributed by atoms with E-state index in [1.807, 2.05) is 24.3 Å². The second-order valence-corrected chi connectivity index (χ2v) is 6.61. The second-order valence-electron chi connectivity index (χ2n) is 6.61. The van der Waals surface area contributed by atoms with Crippen molar-refractivity contribution in [2.24, 2.45) is 0 Å². The van der Waals surface area contributed by atoms with Gasteiger partial charge in [0.05, 0.1) is 19.6 Å². The maximum atomic E-state index is 11.9. The van der Waals surface area contributed by atoms with Crippen molar-refractivity contribution in [3.63, 3.8) is 0 Å². The molecular weight excluding hydrogens is 390 g/mol. The van der Waals surface area contributed by atoms with Crippen molar-refractivity contribution in [2.45, 2.75) is 32.6 Å². The molecule has 0 saturated heterocycles. The molecule has 0 atom stereocenters. The lowest BCUT2D eigenvalue weighted by molar-refractivity contribution is -0.141. The van der Waals surface area contributed by atoms with Gasteiger partial charge in [-0.1, -0.05) is 24.3 Å². The van der Waals surface area contributed by atoms with Crippen molar-refractivity contribution < 1.29 is 28.7 Å². The zero-order valence-corrected chi connectivity index (χ0v) is 17.6. The molecule has 0 radical (unpaired) electrons. The minimum absolute atomic E-state index is 0.0337. The molecule has 0 spiro atoms. The molecule has 1 aromatic carbocycles. The molecule has 3 amide bonds. The van der Waals surface area contributed by atoms with Gasteiger partial charge in [0.15, 0.2) is 0 Å². The summed E-state index contributed by atoms with van der Waals surface area (Å²) in [6, 6.07) is 7.60. The summed E-state index contributed by atoms with van der Waals surface area (Å²) in [6.45, 7) is 2.73. The lowest BCUT2D eigenvalue weighted by Gasteiger charge is -2.08. The van der Waals surface area contributed by atoms with E-state index in [-0.39, 0.29) is 49.7 Å². The van der Waals surface area contributed by atoms with E-state index in [2.05, 4.69) is 16.0 Å². The number of nitrogens with one attached hydrogen (secondary N) is 3. The molecule has 0 saturated carbocycles. The van der Waals surface area contributed by atoms with Crippen LogP contribution < -0.4 is 16.0 Å². The number of hydrogen-bond donors (Lipinski definition) is 3. The van der Waals surface area contributed by atoms with Crippen LogP contribution in [0.15, 0.2) is 24.3 Å². The van der Waals surface area contributed by atoms with Gasteiger partial charge in [0.1, 0.15) is 6.61 Å². The topological polar surface area (TPSA) is 123 Å². The monoisotopic (exact) mass is 421 g/mol. The van der Waals surface area contributed by atoms with Crippen molar-refractivity contribution in [2.75, 3.05) is 40.0 Å². The van der Waals surface area contributed by atoms with E-state index >= 15 is 0 Å². The average molecular weight is 421 g/mol. The van der Waals surface area contributed by atoms with Crippen molar-refractivity contribution in [1.82, 2.24) is 16.0 Å². The Morgan fingerprint density at radius 1 is 0.867 bits per heavy atom. The van der Waals surface area contributed by atoms with Gasteiger partial charge >= 0.3 is 5.97 Å². The Labute approximate surface area is 176 Å². The van der Waals surface area contributed by atoms with Crippen LogP contribution in [0.25, 0.3) is 0 Å². The highest BCUT2D eigenvalue weighted by molar-refractivity contribution is 5.80. The summed E-state index contributed by atoms with van der Waals surface area (Å²) in [5.41, 5.74) is 1.92. The first-order valence-corrected chi connectivity index (χ1v) is 9.93. The lowest BCUT2D eigenvalue weighted by atomic mass is 10.1. The van der Waals surface area contributed by atoms with Crippen LogP contribution in [0.5, 0.6) is 0 Å². The largest absolute Gasteiger partial charge is 0.466 e. The molecule has 0 aliphatic heterocycles. The molecule has 9 nitrogen and oxygen atoms in total. The smallest absolute Gasteiger partial charge is 0.302 e. The maximum absolute atomic E-state index is 11.9. The molecule has 30 heavy (non-hydrogen) atoms. The first kappa shape index (κ1) is 25.1. The van der Waals surface area contributed by atoms with E-state index in [0.717, 1.165) is 11.1 Å². The molecule has 1 aromatic rings. The van der Waals surface area contributed by atoms with E-state index in [9.17, 15) is 19.2 Å². The summed E-state index contributed by atoms with van der Waals surface area (Å²) < 4.78 is 9.98. The highest BCUT2D eigenvalue weighted by Crippen LogP contribution is 2.06. The van der Waals surface area contributed by atoms with Crippen molar-refractivity contribution in [3.8, 4) is 0 Å². The van der Waals surface area contributed by atoms with E-state index in [1.165, 1.54) is 6.92 Å². The first-order chi connectivity index (χ1) is 14.4. The zero-order valence-electron chi connectivity index (χ0n) is 17.6. The fourth-order valence-corrected chi connectivity index (χ4v) is 2.45. The molecular formula is C21H31N3O6. The van der Waals surface area contributed by atoms with Crippen molar-refractivity contribution in [1.29, 1.82) is 0 Å². The summed E-state index contributed by atoms with van der Waals surface area (Å²) in [6.07, 6.45) is 1.72. The lowest BCUT2D eigenvalue weighted by Crippen LogP contribution is -2.30. The van der Waals surface area contributed by atoms with Gasteiger partial charge in [-0.25, -0.2) is 0 Å². The van der Waals surface area contributed by atoms with Gasteiger partial charge in [-0.2, -0.15) is 0 Å². The Morgan fingerprint density at radius 2 is 1.53 bits per heavy atom. The Hall–Kier alpha value is -2.94. The summed E-state index contributed by atoms with van der Waals surface area (Å²) in [5.74, 6) is -0.779. The minimum atomic E-state index is -0.332. The van der Waals surface area contributed by atoms with Gasteiger partial charge in [-0.3, -0.25) is 19.2 Å². The highest BCUT2D eigenvalue weighted by atomic mass is 16.5. The second kappa shape index (κ2) is 15.0. The summed E-state index contributed by atoms with van der Waals surface area (Å²) >= 11 is 0. The van der Waals surface area contributed by atoms with Crippen LogP contribution in [0, 0.1) is 0 Å². The maximum Gasteiger partial charge on any atom is 0.302 e. The Balaban J connectivity index is 2.16. The molecule has 0 aliphatic rings. The van der Waals surface area contributed by atoms with Crippen LogP contribution >= 0.6 is 0 Å². The first-order valence-electron chi connectivity index (χ1n) is 9.93. The summed E-state index contributed by atoms with van der Waals surface area (Å²) in [7, 11) is 1.56. The van der Waals surface area contributed by atoms with Gasteiger partial charge in [0.25, 0.3) is 0 Å². The predicted molar refractivity (Wildman–Crippen MR) is 111 cm³/mol. The number of benzene rings is 1. The number of amides is 3. The van der Waals surface area contributed by atoms with E-state index in [0.29, 0.717) is 32.5 Å². The zero-order chi connectivity index (χ0) is 22.2. The van der Waals surface area contributed by atoms with E-state index in [4.69, 9.17) is 9.47 Å². The number of carbonyl (C=O) groups is 4. The normalized spacial score (nSPS) is 10.2. The molecule has 0 bridgehead atoms. The number of ether oxygens (including phenoxy) is 2. The molecule has 0 heterocycles. The van der Waals surface area contributed by atoms with Crippen LogP contribution in [0.3, 0.4) is 0 Å². The van der Waals surface area contributed by atoms with E-state index < -0.39 is 0 Å². The van der Waals surface area contributed by atoms with Gasteiger partial charge in [0.2, 0.25) is 17.7 Å². The van der Waals surface area contributed by atoms with Crippen LogP contribution in [-0.4, -0.2) is 63.6 Å².